The minimum absolute atomic E-state index is 0.0197. The second kappa shape index (κ2) is 9.26. The molecule has 2 amide bonds. The van der Waals surface area contributed by atoms with Gasteiger partial charge in [0.15, 0.2) is 0 Å². The molecule has 0 unspecified atom stereocenters. The number of ether oxygens (including phenoxy) is 1. The van der Waals surface area contributed by atoms with Gasteiger partial charge in [-0.2, -0.15) is 0 Å². The summed E-state index contributed by atoms with van der Waals surface area (Å²) in [5.41, 5.74) is 7.91. The summed E-state index contributed by atoms with van der Waals surface area (Å²) in [5.74, 6) is -0.737. The summed E-state index contributed by atoms with van der Waals surface area (Å²) < 4.78 is 6.11. The number of pyridine rings is 1. The third kappa shape index (κ3) is 4.97. The van der Waals surface area contributed by atoms with E-state index >= 15 is 0 Å². The van der Waals surface area contributed by atoms with E-state index in [4.69, 9.17) is 10.5 Å². The molecule has 1 aromatic carbocycles. The molecule has 160 valence electrons. The molecule has 0 spiro atoms. The van der Waals surface area contributed by atoms with Crippen LogP contribution in [0.3, 0.4) is 0 Å². The summed E-state index contributed by atoms with van der Waals surface area (Å²) in [7, 11) is 0. The molecule has 0 saturated carbocycles. The zero-order chi connectivity index (χ0) is 21.8. The number of piperidine rings is 1. The average molecular weight is 411 g/mol. The molecule has 0 bridgehead atoms. The largest absolute Gasteiger partial charge is 0.383 e. The fourth-order valence-electron chi connectivity index (χ4n) is 3.86. The number of carbonyl (C=O) groups is 2. The van der Waals surface area contributed by atoms with Gasteiger partial charge in [-0.25, -0.2) is 4.98 Å². The highest BCUT2D eigenvalue weighted by Gasteiger charge is 2.39. The van der Waals surface area contributed by atoms with Crippen LogP contribution in [0.5, 0.6) is 0 Å². The second-order valence-corrected chi connectivity index (χ2v) is 8.20. The van der Waals surface area contributed by atoms with E-state index in [1.54, 1.807) is 17.9 Å². The first-order valence-electron chi connectivity index (χ1n) is 10.3. The van der Waals surface area contributed by atoms with Gasteiger partial charge in [0, 0.05) is 12.5 Å². The van der Waals surface area contributed by atoms with Crippen molar-refractivity contribution >= 4 is 23.3 Å². The summed E-state index contributed by atoms with van der Waals surface area (Å²) in [5, 5.41) is 2.66. The van der Waals surface area contributed by atoms with Crippen LogP contribution in [0, 0.1) is 12.8 Å². The van der Waals surface area contributed by atoms with Crippen LogP contribution < -0.4 is 11.1 Å². The summed E-state index contributed by atoms with van der Waals surface area (Å²) in [4.78, 5) is 31.6. The number of nitrogen functional groups attached to an aromatic ring is 1. The lowest BCUT2D eigenvalue weighted by Crippen LogP contribution is -2.51. The van der Waals surface area contributed by atoms with Crippen LogP contribution in [0.1, 0.15) is 44.4 Å². The number of amides is 2. The molecule has 2 heterocycles. The number of nitrogens with zero attached hydrogens (tertiary/aromatic N) is 2. The van der Waals surface area contributed by atoms with E-state index in [9.17, 15) is 9.59 Å². The first-order valence-corrected chi connectivity index (χ1v) is 10.3. The van der Waals surface area contributed by atoms with Gasteiger partial charge in [0.1, 0.15) is 5.82 Å². The van der Waals surface area contributed by atoms with Gasteiger partial charge in [0.25, 0.3) is 0 Å². The van der Waals surface area contributed by atoms with Crippen molar-refractivity contribution in [1.29, 1.82) is 0 Å². The second-order valence-electron chi connectivity index (χ2n) is 8.20. The number of aromatic nitrogens is 1. The van der Waals surface area contributed by atoms with E-state index < -0.39 is 11.8 Å². The maximum atomic E-state index is 13.1. The van der Waals surface area contributed by atoms with E-state index in [0.717, 1.165) is 11.1 Å². The maximum absolute atomic E-state index is 13.1. The van der Waals surface area contributed by atoms with Gasteiger partial charge < -0.3 is 20.7 Å². The van der Waals surface area contributed by atoms with Crippen molar-refractivity contribution in [2.75, 3.05) is 17.6 Å². The Hall–Kier alpha value is -2.93. The number of anilines is 2. The van der Waals surface area contributed by atoms with E-state index in [0.29, 0.717) is 24.5 Å². The van der Waals surface area contributed by atoms with Crippen molar-refractivity contribution < 1.29 is 14.3 Å². The van der Waals surface area contributed by atoms with Gasteiger partial charge in [0.05, 0.1) is 30.1 Å². The van der Waals surface area contributed by atoms with Gasteiger partial charge in [-0.05, 0) is 44.4 Å². The number of rotatable bonds is 4. The molecule has 3 rings (SSSR count). The smallest absolute Gasteiger partial charge is 0.313 e. The van der Waals surface area contributed by atoms with E-state index in [2.05, 4.69) is 17.2 Å². The standard InChI is InChI=1S/C23H30N4O3/c1-14(2)30-20-11-19(17-8-6-5-7-9-17)27(13-16(20)4)23(29)22(28)26-18-10-15(3)21(24)25-12-18/h5-10,12,14,16,19-20H,11,13H2,1-4H3,(H2,24,25)(H,26,28)/t16-,19-,20+/m0/s1. The lowest BCUT2D eigenvalue weighted by molar-refractivity contribution is -0.151. The summed E-state index contributed by atoms with van der Waals surface area (Å²) in [6, 6.07) is 11.3. The molecule has 1 fully saturated rings. The number of likely N-dealkylation sites (tertiary alicyclic amines) is 1. The van der Waals surface area contributed by atoms with Crippen molar-refractivity contribution in [3.8, 4) is 0 Å². The van der Waals surface area contributed by atoms with E-state index in [1.807, 2.05) is 44.2 Å². The zero-order valence-corrected chi connectivity index (χ0v) is 18.0. The summed E-state index contributed by atoms with van der Waals surface area (Å²) >= 11 is 0. The van der Waals surface area contributed by atoms with Crippen molar-refractivity contribution in [1.82, 2.24) is 9.88 Å². The maximum Gasteiger partial charge on any atom is 0.313 e. The minimum Gasteiger partial charge on any atom is -0.383 e. The lowest BCUT2D eigenvalue weighted by Gasteiger charge is -2.43. The van der Waals surface area contributed by atoms with Crippen LogP contribution in [0.25, 0.3) is 0 Å². The number of nitrogens with one attached hydrogen (secondary N) is 1. The number of hydrogen-bond donors (Lipinski definition) is 2. The zero-order valence-electron chi connectivity index (χ0n) is 18.0. The number of benzene rings is 1. The number of nitrogens with two attached hydrogens (primary N) is 1. The molecule has 7 nitrogen and oxygen atoms in total. The monoisotopic (exact) mass is 410 g/mol. The van der Waals surface area contributed by atoms with Crippen LogP contribution in [-0.4, -0.2) is 40.5 Å². The first-order chi connectivity index (χ1) is 14.3. The van der Waals surface area contributed by atoms with Gasteiger partial charge in [-0.15, -0.1) is 0 Å². The molecule has 1 saturated heterocycles. The van der Waals surface area contributed by atoms with Crippen LogP contribution in [0.15, 0.2) is 42.6 Å². The molecular formula is C23H30N4O3. The topological polar surface area (TPSA) is 97.5 Å². The predicted molar refractivity (Wildman–Crippen MR) is 117 cm³/mol. The first kappa shape index (κ1) is 21.8. The highest BCUT2D eigenvalue weighted by atomic mass is 16.5. The highest BCUT2D eigenvalue weighted by Crippen LogP contribution is 2.35. The quantitative estimate of drug-likeness (QED) is 0.754. The molecule has 0 radical (unpaired) electrons. The normalized spacial score (nSPS) is 21.5. The van der Waals surface area contributed by atoms with Crippen molar-refractivity contribution in [3.63, 3.8) is 0 Å². The average Bonchev–Trinajstić information content (AvgIpc) is 2.71. The minimum atomic E-state index is -0.683. The predicted octanol–water partition coefficient (Wildman–Crippen LogP) is 3.31. The molecule has 0 aliphatic carbocycles. The molecule has 1 aromatic heterocycles. The third-order valence-corrected chi connectivity index (χ3v) is 5.41. The van der Waals surface area contributed by atoms with Crippen molar-refractivity contribution in [3.05, 3.63) is 53.7 Å². The molecule has 30 heavy (non-hydrogen) atoms. The Morgan fingerprint density at radius 3 is 2.60 bits per heavy atom. The van der Waals surface area contributed by atoms with Gasteiger partial charge in [-0.3, -0.25) is 9.59 Å². The Morgan fingerprint density at radius 1 is 1.27 bits per heavy atom. The van der Waals surface area contributed by atoms with E-state index in [1.165, 1.54) is 6.20 Å². The third-order valence-electron chi connectivity index (χ3n) is 5.41. The highest BCUT2D eigenvalue weighted by molar-refractivity contribution is 6.39. The Morgan fingerprint density at radius 2 is 1.97 bits per heavy atom. The molecule has 2 aromatic rings. The Kier molecular flexibility index (Phi) is 6.72. The van der Waals surface area contributed by atoms with Crippen LogP contribution in [0.4, 0.5) is 11.5 Å². The fraction of sp³-hybridized carbons (Fsp3) is 0.435. The number of hydrogen-bond acceptors (Lipinski definition) is 5. The molecular weight excluding hydrogens is 380 g/mol. The van der Waals surface area contributed by atoms with Gasteiger partial charge in [0.2, 0.25) is 0 Å². The van der Waals surface area contributed by atoms with Gasteiger partial charge >= 0.3 is 11.8 Å². The molecule has 7 heteroatoms. The van der Waals surface area contributed by atoms with Crippen molar-refractivity contribution in [2.24, 2.45) is 5.92 Å². The summed E-state index contributed by atoms with van der Waals surface area (Å²) in [6.07, 6.45) is 2.21. The molecule has 3 atom stereocenters. The van der Waals surface area contributed by atoms with Gasteiger partial charge in [-0.1, -0.05) is 37.3 Å². The van der Waals surface area contributed by atoms with E-state index in [-0.39, 0.29) is 24.2 Å². The Bertz CT molecular complexity index is 901. The Balaban J connectivity index is 1.82. The number of aryl methyl sites for hydroxylation is 1. The molecule has 1 aliphatic rings. The SMILES string of the molecule is Cc1cc(NC(=O)C(=O)N2C[C@H](C)[C@H](OC(C)C)C[C@H]2c2ccccc2)cnc1N. The van der Waals surface area contributed by atoms with Crippen LogP contribution in [0.2, 0.25) is 0 Å². The van der Waals surface area contributed by atoms with Crippen molar-refractivity contribution in [2.45, 2.75) is 52.4 Å². The molecule has 1 aliphatic heterocycles. The van der Waals surface area contributed by atoms with Crippen LogP contribution >= 0.6 is 0 Å². The number of carbonyl (C=O) groups excluding carboxylic acids is 2. The Labute approximate surface area is 177 Å². The lowest BCUT2D eigenvalue weighted by atomic mass is 9.87. The molecule has 3 N–H and O–H groups in total. The summed E-state index contributed by atoms with van der Waals surface area (Å²) in [6.45, 7) is 8.32. The fourth-order valence-corrected chi connectivity index (χ4v) is 3.86. The van der Waals surface area contributed by atoms with Crippen LogP contribution in [-0.2, 0) is 14.3 Å².